The third kappa shape index (κ3) is 4.11. The molecule has 1 aromatic heterocycles. The zero-order valence-corrected chi connectivity index (χ0v) is 17.6. The van der Waals surface area contributed by atoms with Crippen LogP contribution in [0.2, 0.25) is 0 Å². The van der Waals surface area contributed by atoms with Crippen molar-refractivity contribution >= 4 is 15.9 Å². The molecule has 162 valence electrons. The number of rotatable bonds is 4. The fourth-order valence-corrected chi connectivity index (χ4v) is 5.75. The van der Waals surface area contributed by atoms with Gasteiger partial charge in [-0.2, -0.15) is 9.29 Å². The Labute approximate surface area is 175 Å². The predicted molar refractivity (Wildman–Crippen MR) is 105 cm³/mol. The van der Waals surface area contributed by atoms with Crippen molar-refractivity contribution in [3.05, 3.63) is 41.8 Å². The number of carbonyl (C=O) groups is 1. The average Bonchev–Trinajstić information content (AvgIpc) is 3.20. The van der Waals surface area contributed by atoms with Gasteiger partial charge in [0.05, 0.1) is 0 Å². The number of nitrogens with zero attached hydrogens (tertiary/aromatic N) is 4. The number of aromatic nitrogens is 2. The largest absolute Gasteiger partial charge is 0.342 e. The zero-order valence-electron chi connectivity index (χ0n) is 16.8. The van der Waals surface area contributed by atoms with Gasteiger partial charge in [0.15, 0.2) is 5.82 Å². The lowest BCUT2D eigenvalue weighted by Crippen LogP contribution is -2.46. The molecule has 2 saturated heterocycles. The molecule has 10 heteroatoms. The molecule has 0 unspecified atom stereocenters. The normalized spacial score (nSPS) is 19.9. The zero-order chi connectivity index (χ0) is 21.3. The molecule has 2 fully saturated rings. The molecule has 0 bridgehead atoms. The summed E-state index contributed by atoms with van der Waals surface area (Å²) in [5.41, 5.74) is 0. The summed E-state index contributed by atoms with van der Waals surface area (Å²) in [6.07, 6.45) is 2.42. The first kappa shape index (κ1) is 20.9. The Hall–Kier alpha value is -2.33. The van der Waals surface area contributed by atoms with Crippen LogP contribution in [0.4, 0.5) is 4.39 Å². The van der Waals surface area contributed by atoms with Crippen LogP contribution in [0.15, 0.2) is 33.7 Å². The Morgan fingerprint density at radius 3 is 2.37 bits per heavy atom. The van der Waals surface area contributed by atoms with E-state index in [1.165, 1.54) is 22.5 Å². The Bertz CT molecular complexity index is 1010. The second kappa shape index (κ2) is 8.43. The van der Waals surface area contributed by atoms with Crippen LogP contribution < -0.4 is 0 Å². The third-order valence-electron chi connectivity index (χ3n) is 5.96. The van der Waals surface area contributed by atoms with Crippen LogP contribution in [0.1, 0.15) is 43.3 Å². The lowest BCUT2D eigenvalue weighted by Gasteiger charge is -2.36. The highest BCUT2D eigenvalue weighted by atomic mass is 32.2. The van der Waals surface area contributed by atoms with Crippen LogP contribution in [0.3, 0.4) is 0 Å². The molecule has 0 atom stereocenters. The summed E-state index contributed by atoms with van der Waals surface area (Å²) < 4.78 is 45.9. The summed E-state index contributed by atoms with van der Waals surface area (Å²) in [5.74, 6) is 0.516. The van der Waals surface area contributed by atoms with Crippen molar-refractivity contribution in [1.29, 1.82) is 0 Å². The minimum Gasteiger partial charge on any atom is -0.342 e. The van der Waals surface area contributed by atoms with Gasteiger partial charge in [0, 0.05) is 38.0 Å². The Morgan fingerprint density at radius 2 is 1.77 bits per heavy atom. The molecule has 1 amide bonds. The highest BCUT2D eigenvalue weighted by Crippen LogP contribution is 2.30. The molecule has 3 heterocycles. The first-order chi connectivity index (χ1) is 14.4. The maximum Gasteiger partial charge on any atom is 0.245 e. The number of amides is 1. The van der Waals surface area contributed by atoms with Gasteiger partial charge in [-0.1, -0.05) is 17.3 Å². The quantitative estimate of drug-likeness (QED) is 0.730. The third-order valence-corrected chi connectivity index (χ3v) is 7.89. The number of aryl methyl sites for hydroxylation is 1. The van der Waals surface area contributed by atoms with Gasteiger partial charge < -0.3 is 9.42 Å². The van der Waals surface area contributed by atoms with E-state index in [0.717, 1.165) is 18.9 Å². The summed E-state index contributed by atoms with van der Waals surface area (Å²) in [6, 6.07) is 5.38. The monoisotopic (exact) mass is 436 g/mol. The Morgan fingerprint density at radius 1 is 1.10 bits per heavy atom. The number of carbonyl (C=O) groups excluding carboxylic acids is 1. The molecule has 30 heavy (non-hydrogen) atoms. The van der Waals surface area contributed by atoms with Crippen molar-refractivity contribution in [2.45, 2.75) is 43.4 Å². The van der Waals surface area contributed by atoms with E-state index in [9.17, 15) is 17.6 Å². The van der Waals surface area contributed by atoms with E-state index in [2.05, 4.69) is 10.1 Å². The van der Waals surface area contributed by atoms with Crippen LogP contribution in [-0.4, -0.2) is 59.8 Å². The molecule has 8 nitrogen and oxygen atoms in total. The molecule has 4 rings (SSSR count). The summed E-state index contributed by atoms with van der Waals surface area (Å²) in [5, 5.41) is 3.83. The highest BCUT2D eigenvalue weighted by molar-refractivity contribution is 7.89. The highest BCUT2D eigenvalue weighted by Gasteiger charge is 2.36. The van der Waals surface area contributed by atoms with Gasteiger partial charge in [0.2, 0.25) is 21.8 Å². The summed E-state index contributed by atoms with van der Waals surface area (Å²) in [7, 11) is -3.89. The number of hydrogen-bond donors (Lipinski definition) is 0. The van der Waals surface area contributed by atoms with Crippen molar-refractivity contribution in [2.75, 3.05) is 26.2 Å². The van der Waals surface area contributed by atoms with E-state index in [1.807, 2.05) is 4.90 Å². The van der Waals surface area contributed by atoms with Crippen molar-refractivity contribution in [1.82, 2.24) is 19.3 Å². The van der Waals surface area contributed by atoms with Crippen LogP contribution in [0, 0.1) is 18.7 Å². The Balaban J connectivity index is 1.32. The molecule has 2 aliphatic heterocycles. The summed E-state index contributed by atoms with van der Waals surface area (Å²) in [6.45, 7) is 3.46. The summed E-state index contributed by atoms with van der Waals surface area (Å²) >= 11 is 0. The van der Waals surface area contributed by atoms with Crippen LogP contribution >= 0.6 is 0 Å². The van der Waals surface area contributed by atoms with Gasteiger partial charge in [-0.25, -0.2) is 12.8 Å². The van der Waals surface area contributed by atoms with E-state index < -0.39 is 15.8 Å². The maximum absolute atomic E-state index is 14.0. The van der Waals surface area contributed by atoms with Gasteiger partial charge in [0.25, 0.3) is 0 Å². The number of benzene rings is 1. The SMILES string of the molecule is Cc1noc(C2CCN(C(=O)C3CCN(S(=O)(=O)c4ccccc4F)CC3)CC2)n1. The predicted octanol–water partition coefficient (Wildman–Crippen LogP) is 2.32. The molecule has 2 aliphatic rings. The second-order valence-electron chi connectivity index (χ2n) is 7.89. The standard InChI is InChI=1S/C20H25FN4O4S/c1-14-22-19(29-23-14)15-6-10-24(11-7-15)20(26)16-8-12-25(13-9-16)30(27,28)18-5-3-2-4-17(18)21/h2-5,15-16H,6-13H2,1H3. The molecule has 0 N–H and O–H groups in total. The lowest BCUT2D eigenvalue weighted by atomic mass is 9.92. The fraction of sp³-hybridized carbons (Fsp3) is 0.550. The fourth-order valence-electron chi connectivity index (χ4n) is 4.22. The molecular weight excluding hydrogens is 411 g/mol. The molecule has 0 aliphatic carbocycles. The van der Waals surface area contributed by atoms with Crippen molar-refractivity contribution in [3.63, 3.8) is 0 Å². The number of sulfonamides is 1. The number of likely N-dealkylation sites (tertiary alicyclic amines) is 1. The maximum atomic E-state index is 14.0. The van der Waals surface area contributed by atoms with Gasteiger partial charge in [-0.05, 0) is 44.7 Å². The van der Waals surface area contributed by atoms with E-state index >= 15 is 0 Å². The van der Waals surface area contributed by atoms with Gasteiger partial charge in [-0.3, -0.25) is 4.79 Å². The smallest absolute Gasteiger partial charge is 0.245 e. The first-order valence-corrected chi connectivity index (χ1v) is 11.6. The minimum atomic E-state index is -3.89. The molecule has 2 aromatic rings. The topological polar surface area (TPSA) is 96.6 Å². The molecule has 1 aromatic carbocycles. The first-order valence-electron chi connectivity index (χ1n) is 10.2. The number of halogens is 1. The van der Waals surface area contributed by atoms with Crippen molar-refractivity contribution < 1.29 is 22.1 Å². The van der Waals surface area contributed by atoms with Crippen LogP contribution in [0.25, 0.3) is 0 Å². The molecular formula is C20H25FN4O4S. The second-order valence-corrected chi connectivity index (χ2v) is 9.79. The molecule has 0 radical (unpaired) electrons. The van der Waals surface area contributed by atoms with Gasteiger partial charge in [-0.15, -0.1) is 0 Å². The van der Waals surface area contributed by atoms with E-state index in [1.54, 1.807) is 6.92 Å². The van der Waals surface area contributed by atoms with E-state index in [-0.39, 0.29) is 35.7 Å². The van der Waals surface area contributed by atoms with Crippen molar-refractivity contribution in [3.8, 4) is 0 Å². The van der Waals surface area contributed by atoms with E-state index in [0.29, 0.717) is 37.6 Å². The number of hydrogen-bond acceptors (Lipinski definition) is 6. The van der Waals surface area contributed by atoms with Gasteiger partial charge >= 0.3 is 0 Å². The van der Waals surface area contributed by atoms with Crippen LogP contribution in [-0.2, 0) is 14.8 Å². The van der Waals surface area contributed by atoms with Crippen molar-refractivity contribution in [2.24, 2.45) is 5.92 Å². The average molecular weight is 437 g/mol. The van der Waals surface area contributed by atoms with Gasteiger partial charge in [0.1, 0.15) is 10.7 Å². The minimum absolute atomic E-state index is 0.0677. The number of piperidine rings is 2. The Kier molecular flexibility index (Phi) is 5.88. The van der Waals surface area contributed by atoms with Crippen LogP contribution in [0.5, 0.6) is 0 Å². The lowest BCUT2D eigenvalue weighted by molar-refractivity contribution is -0.137. The molecule has 0 spiro atoms. The van der Waals surface area contributed by atoms with E-state index in [4.69, 9.17) is 4.52 Å². The summed E-state index contributed by atoms with van der Waals surface area (Å²) in [4.78, 5) is 18.8. The molecule has 0 saturated carbocycles.